The van der Waals surface area contributed by atoms with Crippen LogP contribution in [-0.2, 0) is 13.6 Å². The highest BCUT2D eigenvalue weighted by Gasteiger charge is 2.19. The molecule has 0 aliphatic rings. The van der Waals surface area contributed by atoms with Crippen LogP contribution < -0.4 is 5.32 Å². The Morgan fingerprint density at radius 1 is 1.13 bits per heavy atom. The van der Waals surface area contributed by atoms with Crippen molar-refractivity contribution in [1.82, 2.24) is 29.9 Å². The summed E-state index contributed by atoms with van der Waals surface area (Å²) in [6, 6.07) is 15.8. The van der Waals surface area contributed by atoms with Crippen molar-refractivity contribution < 1.29 is 4.79 Å². The molecule has 0 aliphatic carbocycles. The zero-order valence-corrected chi connectivity index (χ0v) is 17.8. The molecule has 2 aromatic carbocycles. The van der Waals surface area contributed by atoms with Crippen LogP contribution in [0.3, 0.4) is 0 Å². The second-order valence-electron chi connectivity index (χ2n) is 7.16. The number of hydrogen-bond acceptors (Lipinski definition) is 4. The van der Waals surface area contributed by atoms with E-state index < -0.39 is 0 Å². The van der Waals surface area contributed by atoms with E-state index in [1.807, 2.05) is 42.5 Å². The maximum absolute atomic E-state index is 13.1. The molecule has 152 valence electrons. The number of para-hydroxylation sites is 1. The summed E-state index contributed by atoms with van der Waals surface area (Å²) >= 11 is 5.13. The highest BCUT2D eigenvalue weighted by atomic mass is 32.1. The number of nitrogens with one attached hydrogen (secondary N) is 2. The van der Waals surface area contributed by atoms with Gasteiger partial charge in [-0.15, -0.1) is 0 Å². The number of nitrogens with zero attached hydrogens (tertiary/aromatic N) is 4. The first-order valence-corrected chi connectivity index (χ1v) is 9.96. The van der Waals surface area contributed by atoms with E-state index in [0.717, 1.165) is 16.8 Å². The highest BCUT2D eigenvalue weighted by Crippen LogP contribution is 2.26. The number of benzene rings is 2. The minimum Gasteiger partial charge on any atom is -0.345 e. The fourth-order valence-corrected chi connectivity index (χ4v) is 3.30. The summed E-state index contributed by atoms with van der Waals surface area (Å²) in [6.45, 7) is 4.37. The van der Waals surface area contributed by atoms with Gasteiger partial charge in [-0.05, 0) is 55.4 Å². The van der Waals surface area contributed by atoms with Gasteiger partial charge >= 0.3 is 0 Å². The number of aromatic amines is 1. The Hall–Kier alpha value is -3.52. The minimum atomic E-state index is -0.223. The summed E-state index contributed by atoms with van der Waals surface area (Å²) in [5.74, 6) is 0.427. The van der Waals surface area contributed by atoms with Crippen LogP contribution in [0.1, 0.15) is 27.3 Å². The number of hydrogen-bond donors (Lipinski definition) is 2. The van der Waals surface area contributed by atoms with Gasteiger partial charge in [0.05, 0.1) is 17.8 Å². The van der Waals surface area contributed by atoms with Gasteiger partial charge in [-0.3, -0.25) is 9.89 Å². The molecule has 4 rings (SSSR count). The van der Waals surface area contributed by atoms with E-state index in [-0.39, 0.29) is 12.5 Å². The molecule has 7 nitrogen and oxygen atoms in total. The summed E-state index contributed by atoms with van der Waals surface area (Å²) in [4.78, 5) is 13.1. The van der Waals surface area contributed by atoms with Gasteiger partial charge in [0.25, 0.3) is 5.91 Å². The molecule has 0 saturated carbocycles. The van der Waals surface area contributed by atoms with Crippen molar-refractivity contribution in [2.75, 3.05) is 0 Å². The number of carbonyl (C=O) groups is 1. The summed E-state index contributed by atoms with van der Waals surface area (Å²) in [7, 11) is 1.81. The third-order valence-electron chi connectivity index (χ3n) is 5.14. The Morgan fingerprint density at radius 2 is 1.90 bits per heavy atom. The van der Waals surface area contributed by atoms with Gasteiger partial charge in [0, 0.05) is 18.8 Å². The van der Waals surface area contributed by atoms with Gasteiger partial charge in [0.15, 0.2) is 10.6 Å². The Bertz CT molecular complexity index is 1270. The maximum Gasteiger partial charge on any atom is 0.255 e. The maximum atomic E-state index is 13.1. The van der Waals surface area contributed by atoms with Crippen LogP contribution in [0.25, 0.3) is 16.9 Å². The van der Waals surface area contributed by atoms with Crippen molar-refractivity contribution in [3.8, 4) is 16.9 Å². The fraction of sp³-hybridized carbons (Fsp3) is 0.182. The van der Waals surface area contributed by atoms with Crippen molar-refractivity contribution in [1.29, 1.82) is 0 Å². The van der Waals surface area contributed by atoms with Crippen molar-refractivity contribution in [3.05, 3.63) is 82.0 Å². The molecule has 0 aliphatic heterocycles. The van der Waals surface area contributed by atoms with Crippen LogP contribution in [0.2, 0.25) is 0 Å². The second kappa shape index (κ2) is 8.08. The number of aromatic nitrogens is 5. The predicted octanol–water partition coefficient (Wildman–Crippen LogP) is 3.88. The quantitative estimate of drug-likeness (QED) is 0.482. The first kappa shape index (κ1) is 19.8. The lowest BCUT2D eigenvalue weighted by molar-refractivity contribution is 0.0950. The molecule has 0 unspecified atom stereocenters. The van der Waals surface area contributed by atoms with Crippen LogP contribution in [0, 0.1) is 18.6 Å². The smallest absolute Gasteiger partial charge is 0.255 e. The first-order chi connectivity index (χ1) is 14.4. The van der Waals surface area contributed by atoms with Gasteiger partial charge in [-0.1, -0.05) is 30.3 Å². The average Bonchev–Trinajstić information content (AvgIpc) is 3.34. The van der Waals surface area contributed by atoms with E-state index in [9.17, 15) is 4.79 Å². The molecule has 0 atom stereocenters. The molecule has 30 heavy (non-hydrogen) atoms. The van der Waals surface area contributed by atoms with Crippen LogP contribution in [0.4, 0.5) is 0 Å². The molecule has 0 fully saturated rings. The third kappa shape index (κ3) is 3.81. The van der Waals surface area contributed by atoms with E-state index in [2.05, 4.69) is 35.4 Å². The molecule has 2 N–H and O–H groups in total. The van der Waals surface area contributed by atoms with Crippen molar-refractivity contribution in [3.63, 3.8) is 0 Å². The predicted molar refractivity (Wildman–Crippen MR) is 118 cm³/mol. The van der Waals surface area contributed by atoms with Gasteiger partial charge in [-0.2, -0.15) is 10.2 Å². The molecule has 8 heteroatoms. The molecule has 0 bridgehead atoms. The number of rotatable bonds is 5. The summed E-state index contributed by atoms with van der Waals surface area (Å²) in [5, 5.41) is 14.5. The van der Waals surface area contributed by atoms with E-state index in [1.165, 1.54) is 5.56 Å². The van der Waals surface area contributed by atoms with E-state index in [4.69, 9.17) is 17.3 Å². The molecule has 1 amide bonds. The standard InChI is InChI=1S/C22H22N6OS/c1-14-9-10-16(11-15(14)2)20-18(13-28(26-20)17-7-5-4-6-8-17)21(29)23-12-19-24-25-22(30)27(19)3/h4-11,13H,12H2,1-3H3,(H,23,29)(H,25,30). The van der Waals surface area contributed by atoms with Crippen molar-refractivity contribution in [2.45, 2.75) is 20.4 Å². The Balaban J connectivity index is 1.71. The monoisotopic (exact) mass is 418 g/mol. The average molecular weight is 419 g/mol. The molecule has 0 spiro atoms. The largest absolute Gasteiger partial charge is 0.345 e. The summed E-state index contributed by atoms with van der Waals surface area (Å²) in [5.41, 5.74) is 5.26. The topological polar surface area (TPSA) is 80.5 Å². The van der Waals surface area contributed by atoms with E-state index in [1.54, 1.807) is 22.5 Å². The van der Waals surface area contributed by atoms with Crippen LogP contribution >= 0.6 is 12.2 Å². The molecule has 2 heterocycles. The number of carbonyl (C=O) groups excluding carboxylic acids is 1. The molecule has 2 aromatic heterocycles. The highest BCUT2D eigenvalue weighted by molar-refractivity contribution is 7.71. The molecular weight excluding hydrogens is 396 g/mol. The minimum absolute atomic E-state index is 0.223. The molecular formula is C22H22N6OS. The van der Waals surface area contributed by atoms with Crippen molar-refractivity contribution >= 4 is 18.1 Å². The Kier molecular flexibility index (Phi) is 5.33. The van der Waals surface area contributed by atoms with Gasteiger partial charge in [-0.25, -0.2) is 4.68 Å². The fourth-order valence-electron chi connectivity index (χ4n) is 3.15. The molecule has 0 saturated heterocycles. The van der Waals surface area contributed by atoms with Gasteiger partial charge in [0.1, 0.15) is 5.69 Å². The first-order valence-electron chi connectivity index (χ1n) is 9.55. The van der Waals surface area contributed by atoms with E-state index in [0.29, 0.717) is 21.9 Å². The zero-order valence-electron chi connectivity index (χ0n) is 17.0. The summed E-state index contributed by atoms with van der Waals surface area (Å²) in [6.07, 6.45) is 1.76. The third-order valence-corrected chi connectivity index (χ3v) is 5.50. The van der Waals surface area contributed by atoms with Crippen molar-refractivity contribution in [2.24, 2.45) is 7.05 Å². The lowest BCUT2D eigenvalue weighted by atomic mass is 10.0. The second-order valence-corrected chi connectivity index (χ2v) is 7.54. The summed E-state index contributed by atoms with van der Waals surface area (Å²) < 4.78 is 3.97. The lowest BCUT2D eigenvalue weighted by Crippen LogP contribution is -2.24. The van der Waals surface area contributed by atoms with Crippen LogP contribution in [0.5, 0.6) is 0 Å². The SMILES string of the molecule is Cc1ccc(-c2nn(-c3ccccc3)cc2C(=O)NCc2n[nH]c(=S)n2C)cc1C. The van der Waals surface area contributed by atoms with Gasteiger partial charge in [0.2, 0.25) is 0 Å². The Labute approximate surface area is 179 Å². The molecule has 0 radical (unpaired) electrons. The number of H-pyrrole nitrogens is 1. The van der Waals surface area contributed by atoms with Crippen LogP contribution in [0.15, 0.2) is 54.7 Å². The van der Waals surface area contributed by atoms with E-state index >= 15 is 0 Å². The zero-order chi connectivity index (χ0) is 21.3. The Morgan fingerprint density at radius 3 is 2.57 bits per heavy atom. The number of amides is 1. The van der Waals surface area contributed by atoms with Gasteiger partial charge < -0.3 is 9.88 Å². The van der Waals surface area contributed by atoms with Crippen LogP contribution in [-0.4, -0.2) is 30.5 Å². The molecule has 4 aromatic rings. The normalized spacial score (nSPS) is 10.9. The number of aryl methyl sites for hydroxylation is 2. The lowest BCUT2D eigenvalue weighted by Gasteiger charge is -2.07.